The van der Waals surface area contributed by atoms with E-state index in [2.05, 4.69) is 355 Å². The molecule has 0 atom stereocenters. The van der Waals surface area contributed by atoms with Crippen molar-refractivity contribution in [1.29, 1.82) is 5.26 Å². The molecule has 0 spiro atoms. The molecule has 1 aromatic heterocycles. The van der Waals surface area contributed by atoms with Crippen LogP contribution in [0.2, 0.25) is 0 Å². The Morgan fingerprint density at radius 3 is 1.13 bits per heavy atom. The molecule has 0 saturated carbocycles. The van der Waals surface area contributed by atoms with Gasteiger partial charge in [0.05, 0.1) is 28.0 Å². The average Bonchev–Trinajstić information content (AvgIpc) is 0.699. The molecule has 2 aliphatic rings. The lowest BCUT2D eigenvalue weighted by atomic mass is 9.33. The van der Waals surface area contributed by atoms with Gasteiger partial charge in [0.15, 0.2) is 0 Å². The highest BCUT2D eigenvalue weighted by molar-refractivity contribution is 7.00. The van der Waals surface area contributed by atoms with Gasteiger partial charge < -0.3 is 14.4 Å². The molecule has 454 valence electrons. The number of anilines is 6. The lowest BCUT2D eigenvalue weighted by Gasteiger charge is -2.46. The first-order chi connectivity index (χ1) is 43.8. The van der Waals surface area contributed by atoms with Crippen molar-refractivity contribution >= 4 is 79.0 Å². The van der Waals surface area contributed by atoms with Gasteiger partial charge in [-0.05, 0) is 178 Å². The molecule has 0 saturated heterocycles. The molecular formula is C87H83BN4. The van der Waals surface area contributed by atoms with E-state index in [4.69, 9.17) is 0 Å². The van der Waals surface area contributed by atoms with E-state index < -0.39 is 0 Å². The van der Waals surface area contributed by atoms with Gasteiger partial charge in [-0.15, -0.1) is 0 Å². The van der Waals surface area contributed by atoms with Gasteiger partial charge in [-0.3, -0.25) is 0 Å². The van der Waals surface area contributed by atoms with E-state index in [0.29, 0.717) is 5.56 Å². The number of fused-ring (bicyclic) bond motifs is 7. The fourth-order valence-electron chi connectivity index (χ4n) is 14.4. The number of hydrogen-bond acceptors (Lipinski definition) is 3. The van der Waals surface area contributed by atoms with Crippen LogP contribution in [0.4, 0.5) is 34.1 Å². The van der Waals surface area contributed by atoms with Gasteiger partial charge in [0, 0.05) is 61.5 Å². The second-order valence-electron chi connectivity index (χ2n) is 31.0. The van der Waals surface area contributed by atoms with Crippen LogP contribution in [-0.2, 0) is 27.1 Å². The second-order valence-corrected chi connectivity index (χ2v) is 31.0. The first kappa shape index (κ1) is 60.0. The fraction of sp³-hybridized carbons (Fsp3) is 0.230. The number of nitrogens with zero attached hydrogens (tertiary/aromatic N) is 4. The molecule has 11 aromatic carbocycles. The van der Waals surface area contributed by atoms with Gasteiger partial charge in [-0.25, -0.2) is 0 Å². The summed E-state index contributed by atoms with van der Waals surface area (Å²) in [5, 5.41) is 13.7. The average molecular weight is 1200 g/mol. The molecule has 0 bridgehead atoms. The molecule has 0 radical (unpaired) electrons. The highest BCUT2D eigenvalue weighted by Gasteiger charge is 2.46. The van der Waals surface area contributed by atoms with Crippen molar-refractivity contribution in [2.75, 3.05) is 9.80 Å². The molecule has 14 rings (SSSR count). The first-order valence-electron chi connectivity index (χ1n) is 32.9. The van der Waals surface area contributed by atoms with Crippen molar-refractivity contribution in [3.63, 3.8) is 0 Å². The third-order valence-corrected chi connectivity index (χ3v) is 19.5. The predicted molar refractivity (Wildman–Crippen MR) is 395 cm³/mol. The summed E-state index contributed by atoms with van der Waals surface area (Å²) in [4.78, 5) is 5.33. The Balaban J connectivity index is 1.18. The molecule has 0 fully saturated rings. The highest BCUT2D eigenvalue weighted by Crippen LogP contribution is 2.55. The lowest BCUT2D eigenvalue weighted by Crippen LogP contribution is -2.61. The van der Waals surface area contributed by atoms with Crippen LogP contribution in [0.25, 0.3) is 72.0 Å². The largest absolute Gasteiger partial charge is 0.310 e. The van der Waals surface area contributed by atoms with Gasteiger partial charge in [0.1, 0.15) is 6.07 Å². The summed E-state index contributed by atoms with van der Waals surface area (Å²) in [5.74, 6) is 0. The Morgan fingerprint density at radius 1 is 0.326 bits per heavy atom. The summed E-state index contributed by atoms with van der Waals surface area (Å²) in [6.45, 7) is 34.5. The Bertz CT molecular complexity index is 4800. The maximum Gasteiger partial charge on any atom is 0.252 e. The predicted octanol–water partition coefficient (Wildman–Crippen LogP) is 21.9. The standard InChI is InChI=1S/C87H83BN4/c1-83(2,3)60-40-42-74-70(45-60)71-50-61(84(4,5)6)44-59(54-89)80(71)90(74)65-41-43-76-73(53-65)88-72-38-28-29-39-75(72)91(81-66(55-30-20-16-21-31-55)46-62(85(7,8)9)47-67(81)56-32-22-17-23-33-56)77-51-64(87(13,14)15)52-78(79(77)88)92(76)82-68(57-34-24-18-25-35-57)48-63(86(10,11)12)49-69(82)58-36-26-19-27-37-58/h16-53H,1-15H3. The van der Waals surface area contributed by atoms with E-state index in [0.717, 1.165) is 101 Å². The molecule has 0 amide bonds. The van der Waals surface area contributed by atoms with Gasteiger partial charge in [0.2, 0.25) is 0 Å². The summed E-state index contributed by atoms with van der Waals surface area (Å²) >= 11 is 0. The van der Waals surface area contributed by atoms with Crippen LogP contribution in [0.15, 0.2) is 231 Å². The normalized spacial score (nSPS) is 13.3. The number of hydrogen-bond donors (Lipinski definition) is 0. The van der Waals surface area contributed by atoms with Crippen LogP contribution < -0.4 is 26.2 Å². The van der Waals surface area contributed by atoms with Crippen molar-refractivity contribution < 1.29 is 0 Å². The molecule has 5 heteroatoms. The fourth-order valence-corrected chi connectivity index (χ4v) is 14.4. The van der Waals surface area contributed by atoms with Gasteiger partial charge >= 0.3 is 0 Å². The number of para-hydroxylation sites is 1. The van der Waals surface area contributed by atoms with Gasteiger partial charge in [-0.1, -0.05) is 249 Å². The maximum absolute atomic E-state index is 11.5. The summed E-state index contributed by atoms with van der Waals surface area (Å²) in [6, 6.07) is 90.1. The smallest absolute Gasteiger partial charge is 0.252 e. The Kier molecular flexibility index (Phi) is 14.2. The molecular weight excluding hydrogens is 1110 g/mol. The molecule has 3 heterocycles. The summed E-state index contributed by atoms with van der Waals surface area (Å²) < 4.78 is 2.41. The zero-order valence-electron chi connectivity index (χ0n) is 56.3. The van der Waals surface area contributed by atoms with Crippen LogP contribution >= 0.6 is 0 Å². The van der Waals surface area contributed by atoms with Crippen LogP contribution in [0.5, 0.6) is 0 Å². The van der Waals surface area contributed by atoms with E-state index in [-0.39, 0.29) is 33.8 Å². The quantitative estimate of drug-likeness (QED) is 0.149. The summed E-state index contributed by atoms with van der Waals surface area (Å²) in [7, 11) is 0. The summed E-state index contributed by atoms with van der Waals surface area (Å²) in [5.41, 5.74) is 28.7. The van der Waals surface area contributed by atoms with E-state index in [1.807, 2.05) is 0 Å². The molecule has 2 aliphatic heterocycles. The molecule has 92 heavy (non-hydrogen) atoms. The molecule has 12 aromatic rings. The van der Waals surface area contributed by atoms with Crippen molar-refractivity contribution in [2.45, 2.75) is 131 Å². The van der Waals surface area contributed by atoms with E-state index in [9.17, 15) is 5.26 Å². The Morgan fingerprint density at radius 2 is 0.707 bits per heavy atom. The van der Waals surface area contributed by atoms with E-state index in [1.165, 1.54) is 49.8 Å². The minimum Gasteiger partial charge on any atom is -0.310 e. The molecule has 4 nitrogen and oxygen atoms in total. The zero-order chi connectivity index (χ0) is 64.6. The number of aromatic nitrogens is 1. The summed E-state index contributed by atoms with van der Waals surface area (Å²) in [6.07, 6.45) is 0. The zero-order valence-corrected chi connectivity index (χ0v) is 56.3. The van der Waals surface area contributed by atoms with E-state index >= 15 is 0 Å². The van der Waals surface area contributed by atoms with E-state index in [1.54, 1.807) is 0 Å². The van der Waals surface area contributed by atoms with Crippen LogP contribution in [-0.4, -0.2) is 11.3 Å². The third-order valence-electron chi connectivity index (χ3n) is 19.5. The lowest BCUT2D eigenvalue weighted by molar-refractivity contribution is 0.590. The van der Waals surface area contributed by atoms with Gasteiger partial charge in [-0.2, -0.15) is 5.26 Å². The third kappa shape index (κ3) is 10.1. The second kappa shape index (κ2) is 21.8. The van der Waals surface area contributed by atoms with Gasteiger partial charge in [0.25, 0.3) is 6.71 Å². The van der Waals surface area contributed by atoms with Crippen molar-refractivity contribution in [3.05, 3.63) is 264 Å². The minimum absolute atomic E-state index is 0.0988. The number of rotatable bonds is 7. The SMILES string of the molecule is CC(C)(C)c1cc(-c2ccccc2)c(N2c3ccccc3B3c4cc(-n5c6ccc(C(C)(C)C)cc6c6cc(C(C)(C)C)cc(C#N)c65)ccc4N(c4c(-c5ccccc5)cc(C(C)(C)C)cc4-c4ccccc4)c4cc(C(C)(C)C)cc2c43)c(-c2ccccc2)c1. The van der Waals surface area contributed by atoms with Crippen molar-refractivity contribution in [2.24, 2.45) is 0 Å². The van der Waals surface area contributed by atoms with Crippen LogP contribution in [0.1, 0.15) is 137 Å². The molecule has 0 aliphatic carbocycles. The van der Waals surface area contributed by atoms with Crippen molar-refractivity contribution in [1.82, 2.24) is 4.57 Å². The highest BCUT2D eigenvalue weighted by atomic mass is 15.2. The van der Waals surface area contributed by atoms with Crippen LogP contribution in [0, 0.1) is 11.3 Å². The Hall–Kier alpha value is -9.63. The minimum atomic E-state index is -0.282. The van der Waals surface area contributed by atoms with Crippen molar-refractivity contribution in [3.8, 4) is 56.3 Å². The Labute approximate surface area is 546 Å². The molecule has 0 N–H and O–H groups in total. The topological polar surface area (TPSA) is 35.2 Å². The monoisotopic (exact) mass is 1190 g/mol. The number of nitriles is 1. The number of benzene rings is 11. The first-order valence-corrected chi connectivity index (χ1v) is 32.9. The molecule has 0 unspecified atom stereocenters. The maximum atomic E-state index is 11.5. The van der Waals surface area contributed by atoms with Crippen LogP contribution in [0.3, 0.4) is 0 Å².